The number of hydrogen-bond donors (Lipinski definition) is 1. The molecular formula is C18H26O. The van der Waals surface area contributed by atoms with E-state index < -0.39 is 0 Å². The van der Waals surface area contributed by atoms with E-state index in [4.69, 9.17) is 0 Å². The molecule has 0 aliphatic heterocycles. The number of aliphatic hydroxyl groups is 1. The van der Waals surface area contributed by atoms with Crippen molar-refractivity contribution in [1.82, 2.24) is 0 Å². The minimum absolute atomic E-state index is 0.127. The van der Waals surface area contributed by atoms with Gasteiger partial charge in [0.15, 0.2) is 0 Å². The standard InChI is InChI=1S/C18H26O/c19-18(16-6-3-1-2-4-7-16)13-14-10-11-15-8-5-9-17(15)12-14/h10-12,16,18-19H,1-9,13H2. The molecule has 3 rings (SSSR count). The van der Waals surface area contributed by atoms with Crippen LogP contribution >= 0.6 is 0 Å². The van der Waals surface area contributed by atoms with Crippen LogP contribution in [-0.2, 0) is 19.3 Å². The van der Waals surface area contributed by atoms with Gasteiger partial charge < -0.3 is 5.11 Å². The fourth-order valence-electron chi connectivity index (χ4n) is 3.86. The maximum absolute atomic E-state index is 10.5. The normalized spacial score (nSPS) is 21.9. The SMILES string of the molecule is OC(Cc1ccc2c(c1)CCC2)C1CCCCCC1. The molecule has 1 aromatic carbocycles. The van der Waals surface area contributed by atoms with E-state index in [-0.39, 0.29) is 6.10 Å². The van der Waals surface area contributed by atoms with Gasteiger partial charge in [0.1, 0.15) is 0 Å². The molecule has 1 atom stereocenters. The second kappa shape index (κ2) is 6.09. The number of aryl methyl sites for hydroxylation is 2. The molecule has 1 saturated carbocycles. The largest absolute Gasteiger partial charge is 0.392 e. The summed E-state index contributed by atoms with van der Waals surface area (Å²) in [5.74, 6) is 0.538. The average molecular weight is 258 g/mol. The first-order valence-corrected chi connectivity index (χ1v) is 8.11. The Morgan fingerprint density at radius 2 is 1.68 bits per heavy atom. The lowest BCUT2D eigenvalue weighted by Gasteiger charge is -2.21. The quantitative estimate of drug-likeness (QED) is 0.811. The van der Waals surface area contributed by atoms with Gasteiger partial charge in [0.25, 0.3) is 0 Å². The van der Waals surface area contributed by atoms with Gasteiger partial charge in [-0.05, 0) is 61.1 Å². The van der Waals surface area contributed by atoms with Gasteiger partial charge in [0.05, 0.1) is 6.10 Å². The van der Waals surface area contributed by atoms with Crippen molar-refractivity contribution in [2.45, 2.75) is 70.3 Å². The Bertz CT molecular complexity index is 416. The van der Waals surface area contributed by atoms with Crippen molar-refractivity contribution in [2.24, 2.45) is 5.92 Å². The van der Waals surface area contributed by atoms with Crippen LogP contribution in [0, 0.1) is 5.92 Å². The Morgan fingerprint density at radius 3 is 2.47 bits per heavy atom. The lowest BCUT2D eigenvalue weighted by Crippen LogP contribution is -2.22. The molecule has 1 N–H and O–H groups in total. The summed E-state index contributed by atoms with van der Waals surface area (Å²) >= 11 is 0. The van der Waals surface area contributed by atoms with Gasteiger partial charge in [-0.15, -0.1) is 0 Å². The van der Waals surface area contributed by atoms with Crippen molar-refractivity contribution in [3.8, 4) is 0 Å². The van der Waals surface area contributed by atoms with Crippen molar-refractivity contribution in [3.05, 3.63) is 34.9 Å². The van der Waals surface area contributed by atoms with Gasteiger partial charge in [-0.2, -0.15) is 0 Å². The second-order valence-corrected chi connectivity index (χ2v) is 6.48. The molecule has 1 nitrogen and oxygen atoms in total. The van der Waals surface area contributed by atoms with Crippen LogP contribution in [0.25, 0.3) is 0 Å². The zero-order valence-corrected chi connectivity index (χ0v) is 11.9. The second-order valence-electron chi connectivity index (χ2n) is 6.48. The molecule has 0 amide bonds. The highest BCUT2D eigenvalue weighted by atomic mass is 16.3. The predicted octanol–water partition coefficient (Wildman–Crippen LogP) is 4.05. The average Bonchev–Trinajstić information content (AvgIpc) is 2.71. The lowest BCUT2D eigenvalue weighted by atomic mass is 9.89. The van der Waals surface area contributed by atoms with Crippen LogP contribution in [-0.4, -0.2) is 11.2 Å². The summed E-state index contributed by atoms with van der Waals surface area (Å²) in [6.07, 6.45) is 12.3. The van der Waals surface area contributed by atoms with E-state index in [9.17, 15) is 5.11 Å². The summed E-state index contributed by atoms with van der Waals surface area (Å²) in [6, 6.07) is 6.88. The molecular weight excluding hydrogens is 232 g/mol. The zero-order valence-electron chi connectivity index (χ0n) is 11.9. The Kier molecular flexibility index (Phi) is 4.22. The number of aliphatic hydroxyl groups excluding tert-OH is 1. The van der Waals surface area contributed by atoms with Crippen molar-refractivity contribution < 1.29 is 5.11 Å². The number of rotatable bonds is 3. The third-order valence-corrected chi connectivity index (χ3v) is 5.05. The molecule has 1 aromatic rings. The van der Waals surface area contributed by atoms with Crippen molar-refractivity contribution in [1.29, 1.82) is 0 Å². The fourth-order valence-corrected chi connectivity index (χ4v) is 3.86. The molecule has 0 heterocycles. The van der Waals surface area contributed by atoms with Crippen LogP contribution in [0.1, 0.15) is 61.6 Å². The summed E-state index contributed by atoms with van der Waals surface area (Å²) in [4.78, 5) is 0. The summed E-state index contributed by atoms with van der Waals surface area (Å²) in [6.45, 7) is 0. The molecule has 1 unspecified atom stereocenters. The third-order valence-electron chi connectivity index (χ3n) is 5.05. The Balaban J connectivity index is 1.63. The van der Waals surface area contributed by atoms with Crippen LogP contribution in [0.15, 0.2) is 18.2 Å². The van der Waals surface area contributed by atoms with Gasteiger partial charge in [0, 0.05) is 0 Å². The zero-order chi connectivity index (χ0) is 13.1. The van der Waals surface area contributed by atoms with Crippen LogP contribution in [0.5, 0.6) is 0 Å². The van der Waals surface area contributed by atoms with Crippen molar-refractivity contribution >= 4 is 0 Å². The minimum atomic E-state index is -0.127. The van der Waals surface area contributed by atoms with E-state index in [1.165, 1.54) is 74.5 Å². The van der Waals surface area contributed by atoms with Gasteiger partial charge in [-0.25, -0.2) is 0 Å². The number of hydrogen-bond acceptors (Lipinski definition) is 1. The molecule has 104 valence electrons. The third kappa shape index (κ3) is 3.20. The molecule has 0 aromatic heterocycles. The Hall–Kier alpha value is -0.820. The summed E-state index contributed by atoms with van der Waals surface area (Å²) < 4.78 is 0. The monoisotopic (exact) mass is 258 g/mol. The first-order valence-electron chi connectivity index (χ1n) is 8.11. The fraction of sp³-hybridized carbons (Fsp3) is 0.667. The van der Waals surface area contributed by atoms with E-state index in [0.29, 0.717) is 5.92 Å². The van der Waals surface area contributed by atoms with Gasteiger partial charge in [-0.3, -0.25) is 0 Å². The molecule has 0 spiro atoms. The number of fused-ring (bicyclic) bond motifs is 1. The van der Waals surface area contributed by atoms with E-state index >= 15 is 0 Å². The molecule has 1 fully saturated rings. The summed E-state index contributed by atoms with van der Waals surface area (Å²) in [7, 11) is 0. The van der Waals surface area contributed by atoms with Crippen LogP contribution in [0.3, 0.4) is 0 Å². The summed E-state index contributed by atoms with van der Waals surface area (Å²) in [5.41, 5.74) is 4.41. The highest BCUT2D eigenvalue weighted by molar-refractivity contribution is 5.35. The highest BCUT2D eigenvalue weighted by Gasteiger charge is 2.21. The molecule has 0 radical (unpaired) electrons. The summed E-state index contributed by atoms with van der Waals surface area (Å²) in [5, 5.41) is 10.5. The molecule has 0 saturated heterocycles. The van der Waals surface area contributed by atoms with Crippen molar-refractivity contribution in [3.63, 3.8) is 0 Å². The maximum atomic E-state index is 10.5. The van der Waals surface area contributed by atoms with Gasteiger partial charge in [0.2, 0.25) is 0 Å². The van der Waals surface area contributed by atoms with Crippen LogP contribution in [0.4, 0.5) is 0 Å². The van der Waals surface area contributed by atoms with Crippen molar-refractivity contribution in [2.75, 3.05) is 0 Å². The molecule has 2 aliphatic rings. The first-order chi connectivity index (χ1) is 9.33. The van der Waals surface area contributed by atoms with E-state index in [1.54, 1.807) is 0 Å². The minimum Gasteiger partial charge on any atom is -0.392 e. The van der Waals surface area contributed by atoms with Gasteiger partial charge >= 0.3 is 0 Å². The lowest BCUT2D eigenvalue weighted by molar-refractivity contribution is 0.0986. The Morgan fingerprint density at radius 1 is 0.947 bits per heavy atom. The van der Waals surface area contributed by atoms with Gasteiger partial charge in [-0.1, -0.05) is 43.9 Å². The highest BCUT2D eigenvalue weighted by Crippen LogP contribution is 2.28. The number of benzene rings is 1. The molecule has 19 heavy (non-hydrogen) atoms. The van der Waals surface area contributed by atoms with Crippen LogP contribution in [0.2, 0.25) is 0 Å². The van der Waals surface area contributed by atoms with E-state index in [1.807, 2.05) is 0 Å². The first kappa shape index (κ1) is 13.2. The van der Waals surface area contributed by atoms with E-state index in [0.717, 1.165) is 6.42 Å². The molecule has 2 aliphatic carbocycles. The van der Waals surface area contributed by atoms with Crippen LogP contribution < -0.4 is 0 Å². The predicted molar refractivity (Wildman–Crippen MR) is 79.4 cm³/mol. The molecule has 0 bridgehead atoms. The maximum Gasteiger partial charge on any atom is 0.0608 e. The molecule has 1 heteroatoms. The topological polar surface area (TPSA) is 20.2 Å². The van der Waals surface area contributed by atoms with E-state index in [2.05, 4.69) is 18.2 Å². The Labute approximate surface area is 117 Å². The smallest absolute Gasteiger partial charge is 0.0608 e.